The number of benzene rings is 2. The predicted molar refractivity (Wildman–Crippen MR) is 94.7 cm³/mol. The number of amides is 1. The maximum Gasteiger partial charge on any atom is 0.252 e. The molecule has 1 aromatic heterocycles. The lowest BCUT2D eigenvalue weighted by molar-refractivity contribution is -0.121. The van der Waals surface area contributed by atoms with E-state index in [0.29, 0.717) is 0 Å². The van der Waals surface area contributed by atoms with E-state index in [1.165, 1.54) is 0 Å². The first-order valence-electron chi connectivity index (χ1n) is 7.67. The van der Waals surface area contributed by atoms with Crippen LogP contribution in [0.25, 0.3) is 0 Å². The number of rotatable bonds is 5. The monoisotopic (exact) mass is 315 g/mol. The normalized spacial score (nSPS) is 10.9. The van der Waals surface area contributed by atoms with Crippen LogP contribution in [0, 0.1) is 0 Å². The first-order valence-corrected chi connectivity index (χ1v) is 7.67. The second kappa shape index (κ2) is 7.83. The molecule has 118 valence electrons. The largest absolute Gasteiger partial charge is 0.272 e. The highest BCUT2D eigenvalue weighted by Crippen LogP contribution is 2.24. The van der Waals surface area contributed by atoms with Gasteiger partial charge in [0.15, 0.2) is 0 Å². The molecule has 2 aromatic carbocycles. The van der Waals surface area contributed by atoms with Gasteiger partial charge in [-0.3, -0.25) is 9.78 Å². The van der Waals surface area contributed by atoms with Crippen molar-refractivity contribution in [3.8, 4) is 0 Å². The molecular weight excluding hydrogens is 298 g/mol. The van der Waals surface area contributed by atoms with Crippen molar-refractivity contribution in [2.24, 2.45) is 5.10 Å². The standard InChI is InChI=1S/C20H17N3O/c24-20(23-22-15-16-8-7-13-21-14-16)19(17-9-3-1-4-10-17)18-11-5-2-6-12-18/h1-15,19H,(H,23,24)/b22-15+. The number of carbonyl (C=O) groups is 1. The van der Waals surface area contributed by atoms with Crippen LogP contribution >= 0.6 is 0 Å². The van der Waals surface area contributed by atoms with Crippen LogP contribution in [0.4, 0.5) is 0 Å². The van der Waals surface area contributed by atoms with Crippen LogP contribution in [0.1, 0.15) is 22.6 Å². The lowest BCUT2D eigenvalue weighted by atomic mass is 9.91. The van der Waals surface area contributed by atoms with Crippen LogP contribution in [0.5, 0.6) is 0 Å². The fourth-order valence-corrected chi connectivity index (χ4v) is 2.47. The second-order valence-electron chi connectivity index (χ2n) is 5.27. The van der Waals surface area contributed by atoms with E-state index in [-0.39, 0.29) is 5.91 Å². The van der Waals surface area contributed by atoms with E-state index >= 15 is 0 Å². The zero-order valence-electron chi connectivity index (χ0n) is 13.0. The van der Waals surface area contributed by atoms with Crippen molar-refractivity contribution in [2.75, 3.05) is 0 Å². The molecule has 1 N–H and O–H groups in total. The molecule has 0 fully saturated rings. The first-order chi connectivity index (χ1) is 11.8. The highest BCUT2D eigenvalue weighted by atomic mass is 16.2. The molecule has 3 rings (SSSR count). The maximum atomic E-state index is 12.7. The first kappa shape index (κ1) is 15.6. The third kappa shape index (κ3) is 3.93. The molecule has 3 aromatic rings. The van der Waals surface area contributed by atoms with Crippen molar-refractivity contribution < 1.29 is 4.79 Å². The second-order valence-corrected chi connectivity index (χ2v) is 5.27. The molecule has 4 heteroatoms. The molecule has 0 aliphatic carbocycles. The SMILES string of the molecule is O=C(N/N=C/c1cccnc1)C(c1ccccc1)c1ccccc1. The van der Waals surface area contributed by atoms with Crippen molar-refractivity contribution >= 4 is 12.1 Å². The molecule has 1 amide bonds. The van der Waals surface area contributed by atoms with Crippen LogP contribution in [0.2, 0.25) is 0 Å². The summed E-state index contributed by atoms with van der Waals surface area (Å²) >= 11 is 0. The lowest BCUT2D eigenvalue weighted by Gasteiger charge is -2.16. The molecule has 0 aliphatic heterocycles. The van der Waals surface area contributed by atoms with Crippen molar-refractivity contribution in [3.05, 3.63) is 102 Å². The van der Waals surface area contributed by atoms with E-state index in [9.17, 15) is 4.79 Å². The van der Waals surface area contributed by atoms with Gasteiger partial charge in [-0.2, -0.15) is 5.10 Å². The van der Waals surface area contributed by atoms with E-state index in [1.54, 1.807) is 18.6 Å². The van der Waals surface area contributed by atoms with E-state index in [1.807, 2.05) is 72.8 Å². The Labute approximate surface area is 140 Å². The summed E-state index contributed by atoms with van der Waals surface area (Å²) < 4.78 is 0. The minimum Gasteiger partial charge on any atom is -0.272 e. The van der Waals surface area contributed by atoms with Crippen molar-refractivity contribution in [2.45, 2.75) is 5.92 Å². The van der Waals surface area contributed by atoms with Crippen molar-refractivity contribution in [1.82, 2.24) is 10.4 Å². The smallest absolute Gasteiger partial charge is 0.252 e. The van der Waals surface area contributed by atoms with Crippen LogP contribution in [0.15, 0.2) is 90.3 Å². The molecule has 0 radical (unpaired) electrons. The molecule has 0 saturated heterocycles. The summed E-state index contributed by atoms with van der Waals surface area (Å²) in [7, 11) is 0. The summed E-state index contributed by atoms with van der Waals surface area (Å²) in [6.07, 6.45) is 4.95. The minimum atomic E-state index is -0.404. The molecule has 1 heterocycles. The summed E-state index contributed by atoms with van der Waals surface area (Å²) in [5.41, 5.74) is 5.32. The summed E-state index contributed by atoms with van der Waals surface area (Å²) in [4.78, 5) is 16.7. The Morgan fingerprint density at radius 1 is 0.917 bits per heavy atom. The lowest BCUT2D eigenvalue weighted by Crippen LogP contribution is -2.26. The topological polar surface area (TPSA) is 54.4 Å². The fourth-order valence-electron chi connectivity index (χ4n) is 2.47. The van der Waals surface area contributed by atoms with E-state index < -0.39 is 5.92 Å². The third-order valence-electron chi connectivity index (χ3n) is 3.60. The summed E-state index contributed by atoms with van der Waals surface area (Å²) in [6, 6.07) is 23.1. The van der Waals surface area contributed by atoms with E-state index in [0.717, 1.165) is 16.7 Å². The average molecular weight is 315 g/mol. The van der Waals surface area contributed by atoms with Crippen LogP contribution in [-0.2, 0) is 4.79 Å². The summed E-state index contributed by atoms with van der Waals surface area (Å²) in [6.45, 7) is 0. The van der Waals surface area contributed by atoms with Gasteiger partial charge in [0.25, 0.3) is 5.91 Å². The molecule has 0 aliphatic rings. The summed E-state index contributed by atoms with van der Waals surface area (Å²) in [5.74, 6) is -0.578. The molecule has 0 bridgehead atoms. The van der Waals surface area contributed by atoms with Gasteiger partial charge in [0.1, 0.15) is 0 Å². The Bertz CT molecular complexity index is 763. The van der Waals surface area contributed by atoms with Gasteiger partial charge in [-0.1, -0.05) is 66.7 Å². The Morgan fingerprint density at radius 2 is 1.54 bits per heavy atom. The average Bonchev–Trinajstić information content (AvgIpc) is 2.65. The van der Waals surface area contributed by atoms with Gasteiger partial charge in [0.05, 0.1) is 12.1 Å². The van der Waals surface area contributed by atoms with Gasteiger partial charge < -0.3 is 0 Å². The van der Waals surface area contributed by atoms with Crippen LogP contribution in [-0.4, -0.2) is 17.1 Å². The zero-order chi connectivity index (χ0) is 16.6. The highest BCUT2D eigenvalue weighted by Gasteiger charge is 2.21. The van der Waals surface area contributed by atoms with E-state index in [4.69, 9.17) is 0 Å². The zero-order valence-corrected chi connectivity index (χ0v) is 13.0. The van der Waals surface area contributed by atoms with Gasteiger partial charge in [-0.15, -0.1) is 0 Å². The van der Waals surface area contributed by atoms with Gasteiger partial charge in [0, 0.05) is 18.0 Å². The summed E-state index contributed by atoms with van der Waals surface area (Å²) in [5, 5.41) is 4.05. The Kier molecular flexibility index (Phi) is 5.10. The van der Waals surface area contributed by atoms with Gasteiger partial charge in [0.2, 0.25) is 0 Å². The molecular formula is C20H17N3O. The van der Waals surface area contributed by atoms with Crippen molar-refractivity contribution in [3.63, 3.8) is 0 Å². The van der Waals surface area contributed by atoms with Crippen LogP contribution in [0.3, 0.4) is 0 Å². The molecule has 4 nitrogen and oxygen atoms in total. The molecule has 0 saturated carbocycles. The number of hydrazone groups is 1. The maximum absolute atomic E-state index is 12.7. The van der Waals surface area contributed by atoms with Gasteiger partial charge >= 0.3 is 0 Å². The minimum absolute atomic E-state index is 0.174. The Hall–Kier alpha value is -3.27. The van der Waals surface area contributed by atoms with Gasteiger partial charge in [-0.25, -0.2) is 5.43 Å². The number of aromatic nitrogens is 1. The molecule has 0 spiro atoms. The highest BCUT2D eigenvalue weighted by molar-refractivity contribution is 5.88. The predicted octanol–water partition coefficient (Wildman–Crippen LogP) is 3.36. The molecule has 24 heavy (non-hydrogen) atoms. The number of carbonyl (C=O) groups excluding carboxylic acids is 1. The molecule has 0 unspecified atom stereocenters. The van der Waals surface area contributed by atoms with Crippen molar-refractivity contribution in [1.29, 1.82) is 0 Å². The number of nitrogens with one attached hydrogen (secondary N) is 1. The number of pyridine rings is 1. The molecule has 0 atom stereocenters. The van der Waals surface area contributed by atoms with Gasteiger partial charge in [-0.05, 0) is 17.2 Å². The fraction of sp³-hybridized carbons (Fsp3) is 0.0500. The number of nitrogens with zero attached hydrogens (tertiary/aromatic N) is 2. The Balaban J connectivity index is 1.81. The quantitative estimate of drug-likeness (QED) is 0.580. The third-order valence-corrected chi connectivity index (χ3v) is 3.60. The number of hydrogen-bond donors (Lipinski definition) is 1. The van der Waals surface area contributed by atoms with Crippen LogP contribution < -0.4 is 5.43 Å². The number of hydrogen-bond acceptors (Lipinski definition) is 3. The Morgan fingerprint density at radius 3 is 2.08 bits per heavy atom. The van der Waals surface area contributed by atoms with E-state index in [2.05, 4.69) is 15.5 Å².